The SMILES string of the molecule is CC.CC.CCC(C)C1(C)SC(c2nccs2)=C2c3ccccc3-c3ccccc3N21. The standard InChI is InChI=1S/C23H22N2S2.2C2H6/c1-4-15(2)23(3)25-19-12-8-7-10-17(19)16-9-5-6-11-18(16)20(25)21(27-23)22-24-13-14-26-22;2*1-2/h5-15H,4H2,1-3H3;2*1-2H3. The van der Waals surface area contributed by atoms with E-state index < -0.39 is 0 Å². The highest BCUT2D eigenvalue weighted by molar-refractivity contribution is 8.10. The van der Waals surface area contributed by atoms with Crippen molar-refractivity contribution in [3.63, 3.8) is 0 Å². The van der Waals surface area contributed by atoms with Crippen LogP contribution in [0.4, 0.5) is 5.69 Å². The highest BCUT2D eigenvalue weighted by Crippen LogP contribution is 2.62. The van der Waals surface area contributed by atoms with Crippen molar-refractivity contribution in [1.29, 1.82) is 0 Å². The van der Waals surface area contributed by atoms with Crippen LogP contribution in [0, 0.1) is 5.92 Å². The molecule has 0 saturated heterocycles. The van der Waals surface area contributed by atoms with Gasteiger partial charge in [0.2, 0.25) is 0 Å². The van der Waals surface area contributed by atoms with Crippen LogP contribution in [0.1, 0.15) is 65.5 Å². The van der Waals surface area contributed by atoms with Gasteiger partial charge in [-0.3, -0.25) is 0 Å². The van der Waals surface area contributed by atoms with Crippen LogP contribution in [0.5, 0.6) is 0 Å². The van der Waals surface area contributed by atoms with E-state index in [9.17, 15) is 0 Å². The summed E-state index contributed by atoms with van der Waals surface area (Å²) >= 11 is 3.72. The fraction of sp³-hybridized carbons (Fsp3) is 0.370. The third-order valence-corrected chi connectivity index (χ3v) is 8.47. The Labute approximate surface area is 196 Å². The van der Waals surface area contributed by atoms with E-state index in [1.807, 2.05) is 45.7 Å². The minimum absolute atomic E-state index is 0.0330. The van der Waals surface area contributed by atoms with Gasteiger partial charge >= 0.3 is 0 Å². The molecule has 2 aliphatic rings. The minimum atomic E-state index is -0.0330. The number of hydrogen-bond donors (Lipinski definition) is 0. The molecule has 0 fully saturated rings. The van der Waals surface area contributed by atoms with E-state index in [4.69, 9.17) is 0 Å². The quantitative estimate of drug-likeness (QED) is 0.396. The Morgan fingerprint density at radius 1 is 0.935 bits per heavy atom. The van der Waals surface area contributed by atoms with Crippen molar-refractivity contribution < 1.29 is 0 Å². The summed E-state index contributed by atoms with van der Waals surface area (Å²) in [4.78, 5) is 8.56. The first kappa shape index (κ1) is 23.6. The van der Waals surface area contributed by atoms with Crippen molar-refractivity contribution in [2.24, 2.45) is 5.92 Å². The largest absolute Gasteiger partial charge is 0.324 e. The summed E-state index contributed by atoms with van der Waals surface area (Å²) in [6.07, 6.45) is 3.06. The molecule has 0 amide bonds. The molecule has 2 aromatic carbocycles. The van der Waals surface area contributed by atoms with Gasteiger partial charge in [-0.1, -0.05) is 102 Å². The second-order valence-electron chi connectivity index (χ2n) is 7.38. The monoisotopic (exact) mass is 450 g/mol. The minimum Gasteiger partial charge on any atom is -0.324 e. The average molecular weight is 451 g/mol. The molecule has 0 aliphatic carbocycles. The average Bonchev–Trinajstić information content (AvgIpc) is 3.48. The first-order valence-electron chi connectivity index (χ1n) is 11.5. The van der Waals surface area contributed by atoms with E-state index in [0.717, 1.165) is 11.4 Å². The van der Waals surface area contributed by atoms with Crippen LogP contribution < -0.4 is 4.90 Å². The highest BCUT2D eigenvalue weighted by Gasteiger charge is 2.50. The number of aromatic nitrogens is 1. The fourth-order valence-electron chi connectivity index (χ4n) is 4.23. The van der Waals surface area contributed by atoms with Crippen molar-refractivity contribution in [3.05, 3.63) is 70.7 Å². The normalized spacial score (nSPS) is 19.3. The van der Waals surface area contributed by atoms with Crippen LogP contribution >= 0.6 is 23.1 Å². The number of hydrogen-bond acceptors (Lipinski definition) is 4. The van der Waals surface area contributed by atoms with Gasteiger partial charge in [0.05, 0.1) is 21.2 Å². The summed E-state index contributed by atoms with van der Waals surface area (Å²) in [6.45, 7) is 15.1. The van der Waals surface area contributed by atoms with Crippen LogP contribution in [0.3, 0.4) is 0 Å². The maximum atomic E-state index is 4.68. The molecule has 0 radical (unpaired) electrons. The number of thioether (sulfide) groups is 1. The Morgan fingerprint density at radius 2 is 1.55 bits per heavy atom. The summed E-state index contributed by atoms with van der Waals surface area (Å²) in [7, 11) is 0. The van der Waals surface area contributed by atoms with Crippen LogP contribution in [-0.2, 0) is 0 Å². The Kier molecular flexibility index (Phi) is 7.66. The molecule has 0 saturated carbocycles. The molecule has 0 N–H and O–H groups in total. The van der Waals surface area contributed by atoms with Gasteiger partial charge in [0.1, 0.15) is 5.01 Å². The summed E-state index contributed by atoms with van der Waals surface area (Å²) in [5.41, 5.74) is 6.61. The number of benzene rings is 2. The van der Waals surface area contributed by atoms with Crippen molar-refractivity contribution in [2.75, 3.05) is 4.90 Å². The zero-order chi connectivity index (χ0) is 22.6. The summed E-state index contributed by atoms with van der Waals surface area (Å²) in [6, 6.07) is 17.7. The van der Waals surface area contributed by atoms with E-state index in [0.29, 0.717) is 5.92 Å². The number of fused-ring (bicyclic) bond motifs is 6. The molecule has 2 aliphatic heterocycles. The maximum absolute atomic E-state index is 4.68. The molecule has 0 spiro atoms. The second-order valence-corrected chi connectivity index (χ2v) is 9.71. The Morgan fingerprint density at radius 3 is 2.16 bits per heavy atom. The molecular formula is C27H34N2S2. The van der Waals surface area contributed by atoms with Crippen molar-refractivity contribution in [2.45, 2.75) is 59.8 Å². The number of para-hydroxylation sites is 1. The lowest BCUT2D eigenvalue weighted by molar-refractivity contribution is 0.430. The van der Waals surface area contributed by atoms with Crippen molar-refractivity contribution in [3.8, 4) is 11.1 Å². The number of anilines is 1. The van der Waals surface area contributed by atoms with Crippen molar-refractivity contribution in [1.82, 2.24) is 4.98 Å². The summed E-state index contributed by atoms with van der Waals surface area (Å²) in [5, 5.41) is 3.20. The zero-order valence-electron chi connectivity index (χ0n) is 19.8. The maximum Gasteiger partial charge on any atom is 0.131 e. The van der Waals surface area contributed by atoms with Gasteiger partial charge in [-0.15, -0.1) is 11.3 Å². The van der Waals surface area contributed by atoms with Gasteiger partial charge in [0, 0.05) is 22.7 Å². The first-order chi connectivity index (χ1) is 15.1. The fourth-order valence-corrected chi connectivity index (χ4v) is 6.57. The van der Waals surface area contributed by atoms with Crippen molar-refractivity contribution >= 4 is 39.4 Å². The smallest absolute Gasteiger partial charge is 0.131 e. The molecule has 2 unspecified atom stereocenters. The molecule has 2 atom stereocenters. The van der Waals surface area contributed by atoms with E-state index >= 15 is 0 Å². The molecule has 31 heavy (non-hydrogen) atoms. The molecule has 164 valence electrons. The third kappa shape index (κ3) is 3.85. The lowest BCUT2D eigenvalue weighted by Crippen LogP contribution is -2.45. The predicted molar refractivity (Wildman–Crippen MR) is 141 cm³/mol. The van der Waals surface area contributed by atoms with Gasteiger partial charge in [-0.25, -0.2) is 4.98 Å². The van der Waals surface area contributed by atoms with Gasteiger partial charge in [0.25, 0.3) is 0 Å². The Bertz CT molecular complexity index is 1040. The number of thiazole rings is 1. The number of nitrogens with zero attached hydrogens (tertiary/aromatic N) is 2. The van der Waals surface area contributed by atoms with E-state index in [1.165, 1.54) is 33.0 Å². The van der Waals surface area contributed by atoms with Gasteiger partial charge in [0.15, 0.2) is 0 Å². The highest BCUT2D eigenvalue weighted by atomic mass is 32.2. The Hall–Kier alpha value is -2.04. The molecule has 4 heteroatoms. The van der Waals surface area contributed by atoms with E-state index in [1.54, 1.807) is 11.3 Å². The topological polar surface area (TPSA) is 16.1 Å². The first-order valence-corrected chi connectivity index (χ1v) is 13.2. The van der Waals surface area contributed by atoms with Gasteiger partial charge in [-0.05, 0) is 24.5 Å². The molecule has 0 bridgehead atoms. The molecular weight excluding hydrogens is 416 g/mol. The molecule has 1 aromatic heterocycles. The van der Waals surface area contributed by atoms with Crippen LogP contribution in [-0.4, -0.2) is 9.85 Å². The van der Waals surface area contributed by atoms with Crippen LogP contribution in [0.15, 0.2) is 60.1 Å². The van der Waals surface area contributed by atoms with E-state index in [-0.39, 0.29) is 4.87 Å². The van der Waals surface area contributed by atoms with E-state index in [2.05, 4.69) is 84.6 Å². The lowest BCUT2D eigenvalue weighted by atomic mass is 9.87. The molecule has 3 aromatic rings. The number of rotatable bonds is 3. The summed E-state index contributed by atoms with van der Waals surface area (Å²) in [5.74, 6) is 0.535. The van der Waals surface area contributed by atoms with Crippen LogP contribution in [0.25, 0.3) is 21.7 Å². The Balaban J connectivity index is 0.000000645. The third-order valence-electron chi connectivity index (χ3n) is 5.96. The van der Waals surface area contributed by atoms with Gasteiger partial charge in [-0.2, -0.15) is 0 Å². The lowest BCUT2D eigenvalue weighted by Gasteiger charge is -2.45. The van der Waals surface area contributed by atoms with Crippen LogP contribution in [0.2, 0.25) is 0 Å². The van der Waals surface area contributed by atoms with Gasteiger partial charge < -0.3 is 4.90 Å². The predicted octanol–water partition coefficient (Wildman–Crippen LogP) is 9.02. The molecule has 2 nitrogen and oxygen atoms in total. The molecule has 3 heterocycles. The second kappa shape index (κ2) is 10.1. The summed E-state index contributed by atoms with van der Waals surface area (Å²) < 4.78 is 0. The zero-order valence-corrected chi connectivity index (χ0v) is 21.4. The molecule has 5 rings (SSSR count).